The van der Waals surface area contributed by atoms with Crippen LogP contribution in [0.3, 0.4) is 0 Å². The Morgan fingerprint density at radius 2 is 2.14 bits per heavy atom. The summed E-state index contributed by atoms with van der Waals surface area (Å²) in [6.07, 6.45) is 3.89. The van der Waals surface area contributed by atoms with Crippen LogP contribution in [-0.2, 0) is 5.54 Å². The van der Waals surface area contributed by atoms with Gasteiger partial charge in [0, 0.05) is 5.56 Å². The van der Waals surface area contributed by atoms with E-state index in [1.165, 1.54) is 18.6 Å². The zero-order valence-electron chi connectivity index (χ0n) is 11.9. The third-order valence-corrected chi connectivity index (χ3v) is 4.12. The van der Waals surface area contributed by atoms with E-state index in [1.807, 2.05) is 0 Å². The van der Waals surface area contributed by atoms with E-state index in [2.05, 4.69) is 17.1 Å². The van der Waals surface area contributed by atoms with Crippen molar-refractivity contribution in [1.82, 2.24) is 10.1 Å². The zero-order valence-corrected chi connectivity index (χ0v) is 11.9. The van der Waals surface area contributed by atoms with Gasteiger partial charge in [0.2, 0.25) is 11.7 Å². The Bertz CT molecular complexity index is 655. The van der Waals surface area contributed by atoms with Gasteiger partial charge in [0.15, 0.2) is 11.5 Å². The molecule has 1 aliphatic carbocycles. The summed E-state index contributed by atoms with van der Waals surface area (Å²) in [6, 6.07) is 4.41. The monoisotopic (exact) mass is 289 g/mol. The van der Waals surface area contributed by atoms with Crippen molar-refractivity contribution in [2.75, 3.05) is 0 Å². The summed E-state index contributed by atoms with van der Waals surface area (Å²) in [5, 5.41) is 22.8. The summed E-state index contributed by atoms with van der Waals surface area (Å²) >= 11 is 0. The fraction of sp³-hybridized carbons (Fsp3) is 0.467. The maximum atomic E-state index is 9.54. The number of nitrogens with two attached hydrogens (primary N) is 1. The Morgan fingerprint density at radius 3 is 2.86 bits per heavy atom. The lowest BCUT2D eigenvalue weighted by Gasteiger charge is -2.33. The van der Waals surface area contributed by atoms with Gasteiger partial charge >= 0.3 is 0 Å². The molecule has 1 fully saturated rings. The van der Waals surface area contributed by atoms with E-state index >= 15 is 0 Å². The highest BCUT2D eigenvalue weighted by atomic mass is 16.5. The van der Waals surface area contributed by atoms with Gasteiger partial charge in [-0.05, 0) is 37.0 Å². The minimum Gasteiger partial charge on any atom is -0.504 e. The van der Waals surface area contributed by atoms with Gasteiger partial charge in [0.1, 0.15) is 0 Å². The molecule has 21 heavy (non-hydrogen) atoms. The van der Waals surface area contributed by atoms with Gasteiger partial charge < -0.3 is 20.5 Å². The van der Waals surface area contributed by atoms with Gasteiger partial charge in [-0.25, -0.2) is 0 Å². The minimum atomic E-state index is -0.568. The molecule has 1 aromatic heterocycles. The van der Waals surface area contributed by atoms with Gasteiger partial charge in [-0.2, -0.15) is 4.98 Å². The predicted molar refractivity (Wildman–Crippen MR) is 76.6 cm³/mol. The van der Waals surface area contributed by atoms with Gasteiger partial charge in [-0.1, -0.05) is 24.9 Å². The number of rotatable bonds is 2. The Labute approximate surface area is 122 Å². The number of phenolic OH excluding ortho intramolecular Hbond substituents is 2. The first-order valence-corrected chi connectivity index (χ1v) is 7.13. The van der Waals surface area contributed by atoms with Crippen LogP contribution in [-0.4, -0.2) is 20.4 Å². The highest BCUT2D eigenvalue weighted by molar-refractivity contribution is 5.60. The molecule has 1 aromatic carbocycles. The molecule has 1 aliphatic rings. The molecule has 0 radical (unpaired) electrons. The second-order valence-corrected chi connectivity index (χ2v) is 5.98. The molecule has 0 aliphatic heterocycles. The molecule has 2 unspecified atom stereocenters. The fourth-order valence-corrected chi connectivity index (χ4v) is 2.99. The standard InChI is InChI=1S/C15H19N3O3/c1-9-3-2-6-15(16,8-9)14-17-13(18-21-14)10-4-5-11(19)12(20)7-10/h4-5,7,9,19-20H,2-3,6,8,16H2,1H3. The molecule has 2 aromatic rings. The topological polar surface area (TPSA) is 105 Å². The third-order valence-electron chi connectivity index (χ3n) is 4.12. The molecule has 3 rings (SSSR count). The zero-order chi connectivity index (χ0) is 15.0. The largest absolute Gasteiger partial charge is 0.504 e. The Morgan fingerprint density at radius 1 is 1.33 bits per heavy atom. The number of aromatic nitrogens is 2. The summed E-state index contributed by atoms with van der Waals surface area (Å²) < 4.78 is 5.35. The van der Waals surface area contributed by atoms with Crippen molar-refractivity contribution in [3.63, 3.8) is 0 Å². The average Bonchev–Trinajstić information content (AvgIpc) is 2.92. The summed E-state index contributed by atoms with van der Waals surface area (Å²) in [5.74, 6) is 0.947. The summed E-state index contributed by atoms with van der Waals surface area (Å²) in [6.45, 7) is 2.18. The Hall–Kier alpha value is -2.08. The highest BCUT2D eigenvalue weighted by Crippen LogP contribution is 2.38. The van der Waals surface area contributed by atoms with E-state index in [0.29, 0.717) is 23.2 Å². The molecule has 1 heterocycles. The van der Waals surface area contributed by atoms with Crippen molar-refractivity contribution in [2.24, 2.45) is 11.7 Å². The average molecular weight is 289 g/mol. The van der Waals surface area contributed by atoms with Crippen LogP contribution < -0.4 is 5.73 Å². The Balaban J connectivity index is 1.90. The van der Waals surface area contributed by atoms with Crippen molar-refractivity contribution in [3.8, 4) is 22.9 Å². The minimum absolute atomic E-state index is 0.182. The number of hydrogen-bond acceptors (Lipinski definition) is 6. The molecule has 112 valence electrons. The van der Waals surface area contributed by atoms with Crippen LogP contribution in [0.25, 0.3) is 11.4 Å². The first kappa shape index (κ1) is 13.9. The van der Waals surface area contributed by atoms with Gasteiger partial charge in [-0.3, -0.25) is 0 Å². The molecule has 6 nitrogen and oxygen atoms in total. The predicted octanol–water partition coefficient (Wildman–Crippen LogP) is 2.51. The number of benzene rings is 1. The Kier molecular flexibility index (Phi) is 3.33. The van der Waals surface area contributed by atoms with E-state index in [0.717, 1.165) is 19.3 Å². The van der Waals surface area contributed by atoms with Crippen LogP contribution in [0.2, 0.25) is 0 Å². The maximum absolute atomic E-state index is 9.54. The van der Waals surface area contributed by atoms with Crippen LogP contribution >= 0.6 is 0 Å². The molecule has 1 saturated carbocycles. The lowest BCUT2D eigenvalue weighted by atomic mass is 9.77. The van der Waals surface area contributed by atoms with E-state index in [4.69, 9.17) is 10.3 Å². The molecular formula is C15H19N3O3. The first-order chi connectivity index (χ1) is 9.98. The number of phenols is 2. The van der Waals surface area contributed by atoms with E-state index in [-0.39, 0.29) is 11.5 Å². The molecular weight excluding hydrogens is 270 g/mol. The first-order valence-electron chi connectivity index (χ1n) is 7.13. The number of aromatic hydroxyl groups is 2. The maximum Gasteiger partial charge on any atom is 0.247 e. The summed E-state index contributed by atoms with van der Waals surface area (Å²) in [5.41, 5.74) is 6.44. The van der Waals surface area contributed by atoms with Gasteiger partial charge in [0.05, 0.1) is 5.54 Å². The highest BCUT2D eigenvalue weighted by Gasteiger charge is 2.37. The van der Waals surface area contributed by atoms with Crippen LogP contribution in [0, 0.1) is 5.92 Å². The normalized spacial score (nSPS) is 25.9. The smallest absolute Gasteiger partial charge is 0.247 e. The van der Waals surface area contributed by atoms with Crippen LogP contribution in [0.4, 0.5) is 0 Å². The number of hydrogen-bond donors (Lipinski definition) is 3. The SMILES string of the molecule is CC1CCCC(N)(c2nc(-c3ccc(O)c(O)c3)no2)C1. The lowest BCUT2D eigenvalue weighted by Crippen LogP contribution is -2.41. The van der Waals surface area contributed by atoms with Crippen molar-refractivity contribution in [3.05, 3.63) is 24.1 Å². The van der Waals surface area contributed by atoms with Gasteiger partial charge in [-0.15, -0.1) is 0 Å². The van der Waals surface area contributed by atoms with E-state index < -0.39 is 5.54 Å². The molecule has 0 saturated heterocycles. The summed E-state index contributed by atoms with van der Waals surface area (Å²) in [7, 11) is 0. The molecule has 0 bridgehead atoms. The van der Waals surface area contributed by atoms with E-state index in [9.17, 15) is 10.2 Å². The third kappa shape index (κ3) is 2.58. The second-order valence-electron chi connectivity index (χ2n) is 5.98. The fourth-order valence-electron chi connectivity index (χ4n) is 2.99. The molecule has 4 N–H and O–H groups in total. The van der Waals surface area contributed by atoms with Crippen molar-refractivity contribution < 1.29 is 14.7 Å². The van der Waals surface area contributed by atoms with Crippen molar-refractivity contribution in [2.45, 2.75) is 38.1 Å². The van der Waals surface area contributed by atoms with E-state index in [1.54, 1.807) is 6.07 Å². The van der Waals surface area contributed by atoms with Crippen molar-refractivity contribution >= 4 is 0 Å². The molecule has 2 atom stereocenters. The lowest BCUT2D eigenvalue weighted by molar-refractivity contribution is 0.183. The van der Waals surface area contributed by atoms with Crippen LogP contribution in [0.1, 0.15) is 38.5 Å². The molecule has 0 spiro atoms. The number of nitrogens with zero attached hydrogens (tertiary/aromatic N) is 2. The summed E-state index contributed by atoms with van der Waals surface area (Å²) in [4.78, 5) is 4.39. The van der Waals surface area contributed by atoms with Gasteiger partial charge in [0.25, 0.3) is 0 Å². The van der Waals surface area contributed by atoms with Crippen LogP contribution in [0.15, 0.2) is 22.7 Å². The second kappa shape index (κ2) is 5.04. The molecule has 0 amide bonds. The van der Waals surface area contributed by atoms with Crippen LogP contribution in [0.5, 0.6) is 11.5 Å². The molecule has 6 heteroatoms. The quantitative estimate of drug-likeness (QED) is 0.733. The van der Waals surface area contributed by atoms with Crippen molar-refractivity contribution in [1.29, 1.82) is 0 Å².